The molecule has 0 bridgehead atoms. The monoisotopic (exact) mass is 836 g/mol. The van der Waals surface area contributed by atoms with Crippen molar-refractivity contribution in [1.29, 1.82) is 0 Å². The van der Waals surface area contributed by atoms with Gasteiger partial charge in [0.05, 0.1) is 23.7 Å². The highest BCUT2D eigenvalue weighted by atomic mass is 19.1. The number of nitrogens with zero attached hydrogens (tertiary/aromatic N) is 9. The lowest BCUT2D eigenvalue weighted by Gasteiger charge is -2.37. The van der Waals surface area contributed by atoms with Gasteiger partial charge in [0.25, 0.3) is 17.7 Å². The molecule has 2 aromatic carbocycles. The van der Waals surface area contributed by atoms with Crippen LogP contribution in [0.3, 0.4) is 0 Å². The third-order valence-electron chi connectivity index (χ3n) is 13.1. The molecular weight excluding hydrogens is 788 g/mol. The molecule has 0 aliphatic carbocycles. The van der Waals surface area contributed by atoms with Crippen molar-refractivity contribution in [2.75, 3.05) is 81.1 Å². The van der Waals surface area contributed by atoms with Crippen LogP contribution in [0.2, 0.25) is 0 Å². The highest BCUT2D eigenvalue weighted by Crippen LogP contribution is 2.37. The van der Waals surface area contributed by atoms with Gasteiger partial charge in [0.1, 0.15) is 11.7 Å². The Morgan fingerprint density at radius 1 is 0.902 bits per heavy atom. The van der Waals surface area contributed by atoms with E-state index in [0.29, 0.717) is 56.5 Å². The molecule has 1 aromatic heterocycles. The van der Waals surface area contributed by atoms with Crippen LogP contribution in [0.4, 0.5) is 32.3 Å². The van der Waals surface area contributed by atoms with Crippen LogP contribution in [-0.2, 0) is 9.59 Å². The molecule has 0 saturated carbocycles. The number of likely N-dealkylation sites (N-methyl/N-ethyl adjacent to an activating group) is 1. The summed E-state index contributed by atoms with van der Waals surface area (Å²) >= 11 is 0. The molecule has 3 atom stereocenters. The van der Waals surface area contributed by atoms with E-state index in [1.165, 1.54) is 0 Å². The maximum absolute atomic E-state index is 16.4. The number of amides is 7. The molecule has 3 aromatic rings. The van der Waals surface area contributed by atoms with Gasteiger partial charge in [0.2, 0.25) is 17.8 Å². The Bertz CT molecular complexity index is 2290. The molecule has 0 radical (unpaired) electrons. The molecule has 320 valence electrons. The molecule has 3 unspecified atom stereocenters. The van der Waals surface area contributed by atoms with E-state index in [-0.39, 0.29) is 66.6 Å². The zero-order chi connectivity index (χ0) is 42.6. The summed E-state index contributed by atoms with van der Waals surface area (Å²) in [7, 11) is 1.81. The van der Waals surface area contributed by atoms with Crippen LogP contribution in [0.15, 0.2) is 42.5 Å². The third kappa shape index (κ3) is 7.81. The van der Waals surface area contributed by atoms with Crippen molar-refractivity contribution in [2.24, 2.45) is 5.73 Å². The third-order valence-corrected chi connectivity index (χ3v) is 13.1. The molecule has 0 spiro atoms. The minimum absolute atomic E-state index is 0.0235. The number of nitrogens with one attached hydrogen (secondary N) is 2. The number of primary amides is 1. The molecule has 4 N–H and O–H groups in total. The lowest BCUT2D eigenvalue weighted by atomic mass is 9.88. The van der Waals surface area contributed by atoms with E-state index in [0.717, 1.165) is 49.2 Å². The van der Waals surface area contributed by atoms with Gasteiger partial charge in [-0.05, 0) is 87.0 Å². The van der Waals surface area contributed by atoms with Crippen molar-refractivity contribution in [3.8, 4) is 0 Å². The molecule has 6 aliphatic rings. The summed E-state index contributed by atoms with van der Waals surface area (Å²) in [5, 5.41) is 13.8. The Morgan fingerprint density at radius 3 is 2.39 bits per heavy atom. The Hall–Kier alpha value is -6.24. The molecule has 7 amide bonds. The van der Waals surface area contributed by atoms with E-state index in [4.69, 9.17) is 5.73 Å². The molecule has 7 heterocycles. The quantitative estimate of drug-likeness (QED) is 0.251. The van der Waals surface area contributed by atoms with Crippen molar-refractivity contribution >= 4 is 58.7 Å². The maximum atomic E-state index is 16.4. The number of halogens is 1. The van der Waals surface area contributed by atoms with Gasteiger partial charge < -0.3 is 35.6 Å². The average Bonchev–Trinajstić information content (AvgIpc) is 3.89. The van der Waals surface area contributed by atoms with Gasteiger partial charge in [-0.1, -0.05) is 12.1 Å². The summed E-state index contributed by atoms with van der Waals surface area (Å²) in [5.41, 5.74) is 7.00. The van der Waals surface area contributed by atoms with Gasteiger partial charge in [-0.2, -0.15) is 4.98 Å². The van der Waals surface area contributed by atoms with E-state index in [1.807, 2.05) is 39.0 Å². The van der Waals surface area contributed by atoms with Crippen LogP contribution in [0, 0.1) is 0 Å². The summed E-state index contributed by atoms with van der Waals surface area (Å²) in [5.74, 6) is -2.15. The number of urea groups is 1. The second-order valence-corrected chi connectivity index (χ2v) is 17.1. The van der Waals surface area contributed by atoms with Crippen LogP contribution < -0.4 is 26.2 Å². The minimum atomic E-state index is -1.46. The molecule has 61 heavy (non-hydrogen) atoms. The van der Waals surface area contributed by atoms with Crippen LogP contribution in [0.1, 0.15) is 87.6 Å². The number of hydrogen-bond acceptors (Lipinski definition) is 13. The zero-order valence-electron chi connectivity index (χ0n) is 34.0. The second-order valence-electron chi connectivity index (χ2n) is 17.1. The van der Waals surface area contributed by atoms with E-state index in [9.17, 15) is 28.8 Å². The zero-order valence-corrected chi connectivity index (χ0v) is 34.0. The summed E-state index contributed by atoms with van der Waals surface area (Å²) in [6.45, 7) is 5.00. The Labute approximate surface area is 351 Å². The number of piperidine rings is 3. The predicted octanol–water partition coefficient (Wildman–Crippen LogP) is 2.25. The second kappa shape index (κ2) is 16.0. The molecule has 5 fully saturated rings. The molecule has 19 heteroatoms. The largest absolute Gasteiger partial charge is 0.368 e. The Kier molecular flexibility index (Phi) is 10.5. The minimum Gasteiger partial charge on any atom is -0.368 e. The van der Waals surface area contributed by atoms with E-state index < -0.39 is 41.2 Å². The normalized spacial score (nSPS) is 25.1. The van der Waals surface area contributed by atoms with E-state index in [2.05, 4.69) is 30.7 Å². The SMILES string of the molecule is CN1CCN(C2CCCN(c3nnc(C(N)=O)c(Nc4ccc(C5CCN(CC6(F)CCN(c7ccc8c(c7)C(=O)N(C7CCC(=O)NC7=O)C8=O)C6)CC5)cc4)n3)C2)C1=O. The summed E-state index contributed by atoms with van der Waals surface area (Å²) < 4.78 is 16.4. The number of hydrogen-bond donors (Lipinski definition) is 3. The van der Waals surface area contributed by atoms with Crippen LogP contribution in [-0.4, -0.2) is 154 Å². The molecule has 5 saturated heterocycles. The van der Waals surface area contributed by atoms with Crippen molar-refractivity contribution in [3.05, 3.63) is 64.8 Å². The van der Waals surface area contributed by atoms with Crippen LogP contribution >= 0.6 is 0 Å². The highest BCUT2D eigenvalue weighted by molar-refractivity contribution is 6.23. The number of aromatic nitrogens is 3. The number of nitrogens with two attached hydrogens (primary N) is 1. The first-order valence-corrected chi connectivity index (χ1v) is 21.0. The van der Waals surface area contributed by atoms with Gasteiger partial charge >= 0.3 is 6.03 Å². The fourth-order valence-electron chi connectivity index (χ4n) is 9.74. The number of carbonyl (C=O) groups excluding carboxylic acids is 6. The number of fused-ring (bicyclic) bond motifs is 1. The van der Waals surface area contributed by atoms with Gasteiger partial charge in [-0.3, -0.25) is 34.2 Å². The molecule has 6 aliphatic heterocycles. The van der Waals surface area contributed by atoms with E-state index in [1.54, 1.807) is 30.1 Å². The standard InChI is InChI=1S/C42H49FN12O6/c1-50-19-20-54(41(50)61)29-3-2-15-52(22-29)40-47-36(34(35(44)57)48-49-40)45-27-6-4-25(5-7-27)26-12-16-51(17-13-26)23-42(43)14-18-53(24-42)28-8-9-30-31(21-28)39(60)55(38(30)59)32-10-11-33(56)46-37(32)58/h4-9,21,26,29,32H,2-3,10-20,22-24H2,1H3,(H2,44,57)(H,45,47,49)(H,46,56,58). The first kappa shape index (κ1) is 40.2. The predicted molar refractivity (Wildman–Crippen MR) is 220 cm³/mol. The molecule has 18 nitrogen and oxygen atoms in total. The summed E-state index contributed by atoms with van der Waals surface area (Å²) in [6, 6.07) is 11.9. The topological polar surface area (TPSA) is 211 Å². The van der Waals surface area contributed by atoms with Crippen molar-refractivity contribution < 1.29 is 33.2 Å². The van der Waals surface area contributed by atoms with Gasteiger partial charge in [-0.25, -0.2) is 9.18 Å². The van der Waals surface area contributed by atoms with Crippen LogP contribution in [0.25, 0.3) is 0 Å². The van der Waals surface area contributed by atoms with Crippen molar-refractivity contribution in [1.82, 2.24) is 40.1 Å². The van der Waals surface area contributed by atoms with Crippen molar-refractivity contribution in [3.63, 3.8) is 0 Å². The number of alkyl halides is 1. The first-order valence-electron chi connectivity index (χ1n) is 21.0. The molecular formula is C42H49FN12O6. The number of anilines is 4. The van der Waals surface area contributed by atoms with Gasteiger partial charge in [-0.15, -0.1) is 10.2 Å². The van der Waals surface area contributed by atoms with Crippen LogP contribution in [0.5, 0.6) is 0 Å². The maximum Gasteiger partial charge on any atom is 0.320 e. The smallest absolute Gasteiger partial charge is 0.320 e. The number of benzene rings is 2. The van der Waals surface area contributed by atoms with E-state index >= 15 is 4.39 Å². The van der Waals surface area contributed by atoms with Gasteiger partial charge in [0, 0.05) is 70.5 Å². The summed E-state index contributed by atoms with van der Waals surface area (Å²) in [4.78, 5) is 90.9. The first-order chi connectivity index (χ1) is 29.3. The highest BCUT2D eigenvalue weighted by Gasteiger charge is 2.46. The number of rotatable bonds is 10. The summed E-state index contributed by atoms with van der Waals surface area (Å²) in [6.07, 6.45) is 3.91. The fourth-order valence-corrected chi connectivity index (χ4v) is 9.74. The Balaban J connectivity index is 0.785. The van der Waals surface area contributed by atoms with Crippen molar-refractivity contribution in [2.45, 2.75) is 68.6 Å². The number of imide groups is 2. The van der Waals surface area contributed by atoms with Gasteiger partial charge in [0.15, 0.2) is 11.5 Å². The lowest BCUT2D eigenvalue weighted by molar-refractivity contribution is -0.136. The number of carbonyl (C=O) groups is 6. The lowest BCUT2D eigenvalue weighted by Crippen LogP contribution is -2.54. The molecule has 9 rings (SSSR count). The fraction of sp³-hybridized carbons (Fsp3) is 0.500. The average molecular weight is 837 g/mol. The number of likely N-dealkylation sites (tertiary alicyclic amines) is 1. The Morgan fingerprint density at radius 2 is 1.67 bits per heavy atom.